The maximum absolute atomic E-state index is 13.4. The Bertz CT molecular complexity index is 2230. The van der Waals surface area contributed by atoms with Crippen molar-refractivity contribution in [1.29, 1.82) is 0 Å². The molecule has 9 nitrogen and oxygen atoms in total. The van der Waals surface area contributed by atoms with E-state index in [9.17, 15) is 18.3 Å². The number of benzene rings is 2. The minimum absolute atomic E-state index is 0.0513. The quantitative estimate of drug-likeness (QED) is 0.159. The van der Waals surface area contributed by atoms with Crippen LogP contribution in [0.2, 0.25) is 0 Å². The van der Waals surface area contributed by atoms with Crippen LogP contribution in [0.5, 0.6) is 5.75 Å². The van der Waals surface area contributed by atoms with Crippen LogP contribution in [0.1, 0.15) is 76.3 Å². The third kappa shape index (κ3) is 6.20. The van der Waals surface area contributed by atoms with Crippen molar-refractivity contribution in [2.24, 2.45) is 11.3 Å². The van der Waals surface area contributed by atoms with Crippen molar-refractivity contribution in [2.75, 3.05) is 26.2 Å². The average Bonchev–Trinajstić information content (AvgIpc) is 3.67. The number of aromatic nitrogens is 2. The van der Waals surface area contributed by atoms with Gasteiger partial charge in [-0.05, 0) is 131 Å². The highest BCUT2D eigenvalue weighted by Gasteiger charge is 2.66. The van der Waals surface area contributed by atoms with Crippen LogP contribution >= 0.6 is 15.9 Å². The van der Waals surface area contributed by atoms with E-state index in [1.807, 2.05) is 24.4 Å². The van der Waals surface area contributed by atoms with Crippen LogP contribution in [0.4, 0.5) is 0 Å². The number of hydrogen-bond acceptors (Lipinski definition) is 8. The van der Waals surface area contributed by atoms with Crippen molar-refractivity contribution in [3.8, 4) is 5.75 Å². The van der Waals surface area contributed by atoms with Crippen LogP contribution in [-0.4, -0.2) is 82.9 Å². The van der Waals surface area contributed by atoms with Gasteiger partial charge in [0.25, 0.3) is 0 Å². The second-order valence-electron chi connectivity index (χ2n) is 16.0. The number of fused-ring (bicyclic) bond motifs is 5. The smallest absolute Gasteiger partial charge is 0.339 e. The van der Waals surface area contributed by atoms with Gasteiger partial charge in [0, 0.05) is 58.3 Å². The van der Waals surface area contributed by atoms with Crippen LogP contribution in [-0.2, 0) is 14.9 Å². The zero-order valence-corrected chi connectivity index (χ0v) is 32.4. The molecule has 0 saturated carbocycles. The SMILES string of the molecule is O=C1CCCN2C(CC1)CC13CN4CCCCC=CCCC(O)(C=C(c5nccc6c5[nH]c5c(OS(=O)(=O)c7ccc(Br)cc7)cccc56)C1CC4)C23. The number of allylic oxidation sites excluding steroid dienone is 3. The normalized spacial score (nSPS) is 31.1. The van der Waals surface area contributed by atoms with Gasteiger partial charge in [-0.25, -0.2) is 0 Å². The largest absolute Gasteiger partial charge is 0.384 e. The molecule has 2 N–H and O–H groups in total. The lowest BCUT2D eigenvalue weighted by molar-refractivity contribution is -0.120. The molecule has 3 fully saturated rings. The molecule has 4 aromatic rings. The topological polar surface area (TPSA) is 116 Å². The summed E-state index contributed by atoms with van der Waals surface area (Å²) in [7, 11) is -4.10. The first-order valence-electron chi connectivity index (χ1n) is 19.3. The number of pyridine rings is 1. The Kier molecular flexibility index (Phi) is 9.17. The van der Waals surface area contributed by atoms with Crippen LogP contribution < -0.4 is 4.18 Å². The third-order valence-electron chi connectivity index (χ3n) is 12.9. The summed E-state index contributed by atoms with van der Waals surface area (Å²) in [5.74, 6) is 0.743. The minimum atomic E-state index is -4.10. The molecule has 2 aromatic heterocycles. The van der Waals surface area contributed by atoms with Gasteiger partial charge in [0.2, 0.25) is 0 Å². The van der Waals surface area contributed by atoms with Crippen LogP contribution in [0.25, 0.3) is 27.4 Å². The fraction of sp³-hybridized carbons (Fsp3) is 0.476. The van der Waals surface area contributed by atoms with Crippen LogP contribution in [0, 0.1) is 11.3 Å². The number of nitrogens with zero attached hydrogens (tertiary/aromatic N) is 3. The van der Waals surface area contributed by atoms with Gasteiger partial charge in [-0.2, -0.15) is 8.42 Å². The Balaban J connectivity index is 1.19. The first-order chi connectivity index (χ1) is 25.7. The molecule has 5 aliphatic rings. The summed E-state index contributed by atoms with van der Waals surface area (Å²) in [5, 5.41) is 15.1. The number of hydrogen-bond donors (Lipinski definition) is 2. The Hall–Kier alpha value is -3.35. The molecule has 1 aliphatic carbocycles. The lowest BCUT2D eigenvalue weighted by Crippen LogP contribution is -2.65. The number of nitrogens with one attached hydrogen (secondary N) is 1. The number of aromatic amines is 1. The van der Waals surface area contributed by atoms with Gasteiger partial charge < -0.3 is 19.2 Å². The summed E-state index contributed by atoms with van der Waals surface area (Å²) in [5.41, 5.74) is 1.98. The van der Waals surface area contributed by atoms with Gasteiger partial charge in [-0.1, -0.05) is 40.2 Å². The fourth-order valence-electron chi connectivity index (χ4n) is 10.7. The van der Waals surface area contributed by atoms with Crippen molar-refractivity contribution >= 4 is 59.2 Å². The predicted octanol–water partition coefficient (Wildman–Crippen LogP) is 7.79. The number of aliphatic hydroxyl groups is 1. The number of carbonyl (C=O) groups excluding carboxylic acids is 1. The summed E-state index contributed by atoms with van der Waals surface area (Å²) in [4.78, 5) is 26.8. The Morgan fingerprint density at radius 3 is 2.62 bits per heavy atom. The molecule has 278 valence electrons. The summed E-state index contributed by atoms with van der Waals surface area (Å²) in [6.45, 7) is 3.80. The number of Topliss-reactive ketones (excluding diaryl/α,β-unsaturated/α-hetero) is 1. The number of H-pyrrole nitrogens is 1. The molecule has 6 heterocycles. The van der Waals surface area contributed by atoms with Crippen molar-refractivity contribution in [3.05, 3.63) is 83.1 Å². The molecule has 6 unspecified atom stereocenters. The number of halogens is 1. The van der Waals surface area contributed by atoms with Crippen LogP contribution in [0.15, 0.2) is 82.3 Å². The first kappa shape index (κ1) is 35.4. The average molecular weight is 800 g/mol. The highest BCUT2D eigenvalue weighted by molar-refractivity contribution is 9.10. The summed E-state index contributed by atoms with van der Waals surface area (Å²) < 4.78 is 33.5. The molecule has 6 atom stereocenters. The van der Waals surface area contributed by atoms with E-state index in [1.165, 1.54) is 18.6 Å². The van der Waals surface area contributed by atoms with Gasteiger partial charge in [-0.15, -0.1) is 0 Å². The summed E-state index contributed by atoms with van der Waals surface area (Å²) in [6, 6.07) is 14.1. The number of piperidine rings is 1. The maximum Gasteiger partial charge on any atom is 0.339 e. The maximum atomic E-state index is 13.4. The van der Waals surface area contributed by atoms with Crippen molar-refractivity contribution in [2.45, 2.75) is 93.2 Å². The van der Waals surface area contributed by atoms with E-state index in [1.54, 1.807) is 18.2 Å². The lowest BCUT2D eigenvalue weighted by atomic mass is 9.54. The van der Waals surface area contributed by atoms with Crippen LogP contribution in [0.3, 0.4) is 0 Å². The predicted molar refractivity (Wildman–Crippen MR) is 210 cm³/mol. The molecule has 53 heavy (non-hydrogen) atoms. The Morgan fingerprint density at radius 2 is 1.75 bits per heavy atom. The minimum Gasteiger partial charge on any atom is -0.384 e. The molecular weight excluding hydrogens is 752 g/mol. The molecule has 0 radical (unpaired) electrons. The Labute approximate surface area is 319 Å². The summed E-state index contributed by atoms with van der Waals surface area (Å²) >= 11 is 3.38. The molecule has 0 amide bonds. The highest BCUT2D eigenvalue weighted by atomic mass is 79.9. The van der Waals surface area contributed by atoms with E-state index >= 15 is 0 Å². The standard InChI is InChI=1S/C42H47BrN4O5S/c43-28-12-16-31(17-13-28)53(50,51)52-36-11-7-10-32-33-18-21-44-38(39(33)45-37(32)36)34-26-42(49)20-5-3-1-2-4-6-22-46-24-19-35(34)41(27-46)25-29-14-15-30(48)9-8-23-47(29)40(41)42/h1,3,7,10-13,16-18,21,26,29,35,40,45,49H,2,4-6,8-9,14-15,19-20,22-25,27H2. The molecule has 9 rings (SSSR count). The van der Waals surface area contributed by atoms with Gasteiger partial charge in [0.05, 0.1) is 22.3 Å². The second-order valence-corrected chi connectivity index (χ2v) is 18.5. The molecular formula is C42H47BrN4O5S. The second kappa shape index (κ2) is 13.7. The van der Waals surface area contributed by atoms with Gasteiger partial charge in [-0.3, -0.25) is 14.7 Å². The lowest BCUT2D eigenvalue weighted by Gasteiger charge is -2.58. The highest BCUT2D eigenvalue weighted by Crippen LogP contribution is 2.62. The molecule has 3 saturated heterocycles. The van der Waals surface area contributed by atoms with E-state index in [-0.39, 0.29) is 34.1 Å². The zero-order chi connectivity index (χ0) is 36.4. The fourth-order valence-corrected chi connectivity index (χ4v) is 12.0. The van der Waals surface area contributed by atoms with Gasteiger partial charge >= 0.3 is 10.1 Å². The monoisotopic (exact) mass is 798 g/mol. The van der Waals surface area contributed by atoms with E-state index in [0.717, 1.165) is 103 Å². The van der Waals surface area contributed by atoms with E-state index in [0.29, 0.717) is 30.6 Å². The van der Waals surface area contributed by atoms with E-state index in [4.69, 9.17) is 9.17 Å². The first-order valence-corrected chi connectivity index (χ1v) is 21.6. The molecule has 1 spiro atoms. The van der Waals surface area contributed by atoms with Gasteiger partial charge in [0.15, 0.2) is 5.75 Å². The molecule has 4 aliphatic heterocycles. The molecule has 3 bridgehead atoms. The zero-order valence-electron chi connectivity index (χ0n) is 30.0. The molecule has 2 aromatic carbocycles. The Morgan fingerprint density at radius 1 is 0.925 bits per heavy atom. The third-order valence-corrected chi connectivity index (χ3v) is 14.6. The van der Waals surface area contributed by atoms with Gasteiger partial charge in [0.1, 0.15) is 10.7 Å². The summed E-state index contributed by atoms with van der Waals surface area (Å²) in [6.07, 6.45) is 18.2. The van der Waals surface area contributed by atoms with Crippen molar-refractivity contribution in [3.63, 3.8) is 0 Å². The number of rotatable bonds is 4. The van der Waals surface area contributed by atoms with E-state index < -0.39 is 15.7 Å². The van der Waals surface area contributed by atoms with Crippen molar-refractivity contribution < 1.29 is 22.5 Å². The van der Waals surface area contributed by atoms with E-state index in [2.05, 4.69) is 48.9 Å². The number of ketones is 1. The van der Waals surface area contributed by atoms with Crippen molar-refractivity contribution in [1.82, 2.24) is 19.8 Å². The number of para-hydroxylation sites is 1. The molecule has 11 heteroatoms. The number of carbonyl (C=O) groups is 1.